The van der Waals surface area contributed by atoms with Gasteiger partial charge in [0.25, 0.3) is 0 Å². The van der Waals surface area contributed by atoms with Crippen LogP contribution in [0.2, 0.25) is 0 Å². The van der Waals surface area contributed by atoms with Crippen molar-refractivity contribution in [3.05, 3.63) is 35.9 Å². The normalized spacial score (nSPS) is 32.7. The Morgan fingerprint density at radius 1 is 1.10 bits per heavy atom. The summed E-state index contributed by atoms with van der Waals surface area (Å²) in [5.41, 5.74) is 0.444. The van der Waals surface area contributed by atoms with Gasteiger partial charge in [-0.05, 0) is 19.1 Å². The van der Waals surface area contributed by atoms with Crippen molar-refractivity contribution < 1.29 is 28.8 Å². The van der Waals surface area contributed by atoms with Crippen LogP contribution in [0.4, 0.5) is 0 Å². The number of hydrogen-bond acceptors (Lipinski definition) is 6. The molecule has 0 aliphatic carbocycles. The summed E-state index contributed by atoms with van der Waals surface area (Å²) in [6.45, 7) is 1.71. The molecule has 1 fully saturated rings. The molecule has 0 unspecified atom stereocenters. The Morgan fingerprint density at radius 2 is 1.71 bits per heavy atom. The van der Waals surface area contributed by atoms with Crippen molar-refractivity contribution >= 4 is 5.97 Å². The molecule has 1 saturated heterocycles. The van der Waals surface area contributed by atoms with Crippen molar-refractivity contribution in [2.24, 2.45) is 0 Å². The van der Waals surface area contributed by atoms with Gasteiger partial charge in [-0.1, -0.05) is 18.2 Å². The van der Waals surface area contributed by atoms with Crippen LogP contribution in [-0.4, -0.2) is 56.0 Å². The molecule has 5 atom stereocenters. The maximum absolute atomic E-state index is 12.2. The molecule has 2 rings (SSSR count). The van der Waals surface area contributed by atoms with Crippen molar-refractivity contribution in [3.8, 4) is 0 Å². The van der Waals surface area contributed by atoms with Crippen LogP contribution >= 0.6 is 0 Å². The van der Waals surface area contributed by atoms with Crippen LogP contribution in [0.1, 0.15) is 17.3 Å². The fraction of sp³-hybridized carbons (Fsp3) is 0.533. The van der Waals surface area contributed by atoms with Gasteiger partial charge in [-0.25, -0.2) is 4.79 Å². The zero-order valence-corrected chi connectivity index (χ0v) is 12.3. The number of methoxy groups -OCH3 is 2. The number of aliphatic hydroxyl groups is 1. The zero-order chi connectivity index (χ0) is 15.4. The summed E-state index contributed by atoms with van der Waals surface area (Å²) in [7, 11) is 2.92. The summed E-state index contributed by atoms with van der Waals surface area (Å²) in [5.74, 6) is -0.468. The molecule has 1 heterocycles. The molecule has 0 aromatic heterocycles. The van der Waals surface area contributed by atoms with E-state index in [0.717, 1.165) is 0 Å². The van der Waals surface area contributed by atoms with Crippen molar-refractivity contribution in [1.82, 2.24) is 0 Å². The van der Waals surface area contributed by atoms with Gasteiger partial charge in [-0.2, -0.15) is 0 Å². The van der Waals surface area contributed by atoms with E-state index >= 15 is 0 Å². The van der Waals surface area contributed by atoms with Gasteiger partial charge in [0.1, 0.15) is 12.2 Å². The quantitative estimate of drug-likeness (QED) is 0.835. The topological polar surface area (TPSA) is 74.2 Å². The monoisotopic (exact) mass is 296 g/mol. The van der Waals surface area contributed by atoms with Gasteiger partial charge in [0, 0.05) is 14.2 Å². The lowest BCUT2D eigenvalue weighted by atomic mass is 9.99. The van der Waals surface area contributed by atoms with Gasteiger partial charge in [-0.3, -0.25) is 0 Å². The number of carbonyl (C=O) groups is 1. The number of rotatable bonds is 4. The molecule has 21 heavy (non-hydrogen) atoms. The maximum Gasteiger partial charge on any atom is 0.338 e. The Morgan fingerprint density at radius 3 is 2.29 bits per heavy atom. The van der Waals surface area contributed by atoms with Crippen LogP contribution in [0.3, 0.4) is 0 Å². The van der Waals surface area contributed by atoms with Gasteiger partial charge < -0.3 is 24.1 Å². The van der Waals surface area contributed by atoms with Crippen LogP contribution in [0.5, 0.6) is 0 Å². The van der Waals surface area contributed by atoms with Gasteiger partial charge in [0.05, 0.1) is 11.7 Å². The highest BCUT2D eigenvalue weighted by Gasteiger charge is 2.46. The van der Waals surface area contributed by atoms with Crippen molar-refractivity contribution in [1.29, 1.82) is 0 Å². The zero-order valence-electron chi connectivity index (χ0n) is 12.3. The fourth-order valence-corrected chi connectivity index (χ4v) is 2.44. The second-order valence-electron chi connectivity index (χ2n) is 4.87. The standard InChI is InChI=1S/C15H20O6/c1-9-11(12(18-2)13(19-3)15(17)20-9)21-14(16)10-7-5-4-6-8-10/h4-9,11-13,15,17H,1-3H3/t9-,11-,12+,13+,15+/m0/s1. The number of aliphatic hydroxyl groups excluding tert-OH is 1. The molecule has 1 aliphatic heterocycles. The smallest absolute Gasteiger partial charge is 0.338 e. The first-order valence-corrected chi connectivity index (χ1v) is 6.73. The molecular weight excluding hydrogens is 276 g/mol. The first-order chi connectivity index (χ1) is 10.1. The summed E-state index contributed by atoms with van der Waals surface area (Å²) in [6.07, 6.45) is -3.64. The molecule has 0 spiro atoms. The van der Waals surface area contributed by atoms with Crippen molar-refractivity contribution in [2.75, 3.05) is 14.2 Å². The molecule has 1 aromatic rings. The molecule has 1 N–H and O–H groups in total. The highest BCUT2D eigenvalue weighted by atomic mass is 16.7. The molecule has 0 radical (unpaired) electrons. The number of carbonyl (C=O) groups excluding carboxylic acids is 1. The molecular formula is C15H20O6. The van der Waals surface area contributed by atoms with E-state index in [0.29, 0.717) is 5.56 Å². The third-order valence-electron chi connectivity index (χ3n) is 3.54. The summed E-state index contributed by atoms with van der Waals surface area (Å²) in [4.78, 5) is 12.2. The molecule has 0 amide bonds. The van der Waals surface area contributed by atoms with E-state index in [-0.39, 0.29) is 0 Å². The van der Waals surface area contributed by atoms with Gasteiger partial charge in [0.15, 0.2) is 12.4 Å². The Balaban J connectivity index is 2.14. The third kappa shape index (κ3) is 3.41. The first kappa shape index (κ1) is 15.9. The second kappa shape index (κ2) is 7.00. The van der Waals surface area contributed by atoms with E-state index in [9.17, 15) is 9.90 Å². The minimum atomic E-state index is -1.12. The van der Waals surface area contributed by atoms with Gasteiger partial charge >= 0.3 is 5.97 Å². The Kier molecular flexibility index (Phi) is 5.30. The van der Waals surface area contributed by atoms with Gasteiger partial charge in [0.2, 0.25) is 0 Å². The molecule has 116 valence electrons. The predicted molar refractivity (Wildman–Crippen MR) is 73.8 cm³/mol. The van der Waals surface area contributed by atoms with Crippen molar-refractivity contribution in [2.45, 2.75) is 37.6 Å². The van der Waals surface area contributed by atoms with Crippen LogP contribution in [0.15, 0.2) is 30.3 Å². The SMILES string of the molecule is CO[C@@H]1[C@@H](OC(=O)c2ccccc2)[C@H](C)O[C@@H](O)[C@@H]1OC. The molecule has 1 aromatic carbocycles. The van der Waals surface area contributed by atoms with E-state index in [4.69, 9.17) is 18.9 Å². The predicted octanol–water partition coefficient (Wildman–Crippen LogP) is 0.979. The summed E-state index contributed by atoms with van der Waals surface area (Å²) in [6, 6.07) is 8.67. The number of ether oxygens (including phenoxy) is 4. The van der Waals surface area contributed by atoms with E-state index in [1.807, 2.05) is 6.07 Å². The maximum atomic E-state index is 12.2. The highest BCUT2D eigenvalue weighted by Crippen LogP contribution is 2.26. The lowest BCUT2D eigenvalue weighted by Crippen LogP contribution is -2.59. The Labute approximate surface area is 123 Å². The van der Waals surface area contributed by atoms with Crippen LogP contribution in [0.25, 0.3) is 0 Å². The van der Waals surface area contributed by atoms with E-state index in [1.54, 1.807) is 31.2 Å². The molecule has 6 heteroatoms. The summed E-state index contributed by atoms with van der Waals surface area (Å²) < 4.78 is 21.4. The molecule has 6 nitrogen and oxygen atoms in total. The fourth-order valence-electron chi connectivity index (χ4n) is 2.44. The van der Waals surface area contributed by atoms with E-state index < -0.39 is 36.7 Å². The van der Waals surface area contributed by atoms with Crippen LogP contribution in [0, 0.1) is 0 Å². The van der Waals surface area contributed by atoms with E-state index in [2.05, 4.69) is 0 Å². The van der Waals surface area contributed by atoms with Crippen LogP contribution in [-0.2, 0) is 18.9 Å². The first-order valence-electron chi connectivity index (χ1n) is 6.73. The molecule has 0 saturated carbocycles. The molecule has 0 bridgehead atoms. The van der Waals surface area contributed by atoms with E-state index in [1.165, 1.54) is 14.2 Å². The van der Waals surface area contributed by atoms with Crippen molar-refractivity contribution in [3.63, 3.8) is 0 Å². The average Bonchev–Trinajstić information content (AvgIpc) is 2.50. The minimum Gasteiger partial charge on any atom is -0.453 e. The number of benzene rings is 1. The average molecular weight is 296 g/mol. The second-order valence-corrected chi connectivity index (χ2v) is 4.87. The lowest BCUT2D eigenvalue weighted by molar-refractivity contribution is -0.286. The van der Waals surface area contributed by atoms with Gasteiger partial charge in [-0.15, -0.1) is 0 Å². The Hall–Kier alpha value is -1.47. The van der Waals surface area contributed by atoms with Crippen LogP contribution < -0.4 is 0 Å². The minimum absolute atomic E-state index is 0.444. The largest absolute Gasteiger partial charge is 0.453 e. The molecule has 1 aliphatic rings. The number of hydrogen-bond donors (Lipinski definition) is 1. The third-order valence-corrected chi connectivity index (χ3v) is 3.54. The Bertz CT molecular complexity index is 462. The highest BCUT2D eigenvalue weighted by molar-refractivity contribution is 5.89. The number of esters is 1. The summed E-state index contributed by atoms with van der Waals surface area (Å²) in [5, 5.41) is 9.84. The summed E-state index contributed by atoms with van der Waals surface area (Å²) >= 11 is 0. The lowest BCUT2D eigenvalue weighted by Gasteiger charge is -2.41.